The van der Waals surface area contributed by atoms with Crippen LogP contribution in [0.1, 0.15) is 33.8 Å². The number of nitrogens with two attached hydrogens (primary N) is 1. The zero-order chi connectivity index (χ0) is 22.0. The number of aryl methyl sites for hydroxylation is 1. The fourth-order valence-corrected chi connectivity index (χ4v) is 6.10. The summed E-state index contributed by atoms with van der Waals surface area (Å²) >= 11 is 1.27. The van der Waals surface area contributed by atoms with Crippen LogP contribution in [0.25, 0.3) is 10.3 Å². The molecule has 1 aromatic carbocycles. The van der Waals surface area contributed by atoms with Gasteiger partial charge in [0.15, 0.2) is 5.78 Å². The summed E-state index contributed by atoms with van der Waals surface area (Å²) in [6, 6.07) is 4.56. The average Bonchev–Trinajstić information content (AvgIpc) is 3.09. The van der Waals surface area contributed by atoms with E-state index in [2.05, 4.69) is 20.2 Å². The first-order valence-electron chi connectivity index (χ1n) is 11.0. The Morgan fingerprint density at radius 1 is 1.38 bits per heavy atom. The van der Waals surface area contributed by atoms with E-state index in [1.165, 1.54) is 17.8 Å². The van der Waals surface area contributed by atoms with Gasteiger partial charge in [-0.2, -0.15) is 0 Å². The van der Waals surface area contributed by atoms with E-state index in [1.54, 1.807) is 12.3 Å². The first-order chi connectivity index (χ1) is 15.4. The monoisotopic (exact) mass is 453 g/mol. The number of aromatic nitrogens is 2. The molecule has 0 aliphatic carbocycles. The van der Waals surface area contributed by atoms with E-state index in [0.29, 0.717) is 57.3 Å². The van der Waals surface area contributed by atoms with Gasteiger partial charge in [-0.1, -0.05) is 0 Å². The summed E-state index contributed by atoms with van der Waals surface area (Å²) in [5.74, 6) is 0.168. The minimum atomic E-state index is -0.257. The van der Waals surface area contributed by atoms with Crippen LogP contribution in [0.15, 0.2) is 18.3 Å². The average molecular weight is 454 g/mol. The smallest absolute Gasteiger partial charge is 0.175 e. The Morgan fingerprint density at radius 2 is 2.16 bits per heavy atom. The number of fused-ring (bicyclic) bond motifs is 4. The van der Waals surface area contributed by atoms with Gasteiger partial charge in [0.25, 0.3) is 0 Å². The summed E-state index contributed by atoms with van der Waals surface area (Å²) in [5, 5.41) is 3.49. The summed E-state index contributed by atoms with van der Waals surface area (Å²) < 4.78 is 21.0. The third-order valence-electron chi connectivity index (χ3n) is 6.68. The number of hydrogen-bond donors (Lipinski definition) is 2. The first-order valence-corrected chi connectivity index (χ1v) is 11.8. The Balaban J connectivity index is 1.19. The van der Waals surface area contributed by atoms with Crippen LogP contribution < -0.4 is 20.7 Å². The van der Waals surface area contributed by atoms with E-state index >= 15 is 4.39 Å². The number of rotatable bonds is 4. The zero-order valence-corrected chi connectivity index (χ0v) is 18.5. The minimum absolute atomic E-state index is 0.0703. The minimum Gasteiger partial charge on any atom is -0.493 e. The normalized spacial score (nSPS) is 24.1. The molecule has 2 bridgehead atoms. The highest BCUT2D eigenvalue weighted by Gasteiger charge is 2.37. The lowest BCUT2D eigenvalue weighted by atomic mass is 9.89. The number of Topliss-reactive ketones (excluding diaryl/α,β-unsaturated/α-hetero) is 1. The van der Waals surface area contributed by atoms with Crippen molar-refractivity contribution in [1.82, 2.24) is 15.3 Å². The summed E-state index contributed by atoms with van der Waals surface area (Å²) in [5.41, 5.74) is 9.34. The van der Waals surface area contributed by atoms with Crippen molar-refractivity contribution >= 4 is 38.8 Å². The maximum Gasteiger partial charge on any atom is 0.175 e. The van der Waals surface area contributed by atoms with Gasteiger partial charge in [-0.15, -0.1) is 11.3 Å². The summed E-state index contributed by atoms with van der Waals surface area (Å²) in [6.45, 7) is 4.03. The number of ether oxygens (including phenoxy) is 1. The van der Waals surface area contributed by atoms with Gasteiger partial charge >= 0.3 is 0 Å². The largest absolute Gasteiger partial charge is 0.493 e. The molecule has 2 unspecified atom stereocenters. The van der Waals surface area contributed by atoms with Crippen molar-refractivity contribution in [2.75, 3.05) is 30.3 Å². The number of halogens is 1. The Morgan fingerprint density at radius 3 is 2.94 bits per heavy atom. The highest BCUT2D eigenvalue weighted by molar-refractivity contribution is 7.21. The molecule has 4 aliphatic heterocycles. The van der Waals surface area contributed by atoms with E-state index in [9.17, 15) is 4.79 Å². The summed E-state index contributed by atoms with van der Waals surface area (Å²) in [7, 11) is 0. The lowest BCUT2D eigenvalue weighted by molar-refractivity contribution is 0.0938. The van der Waals surface area contributed by atoms with E-state index in [4.69, 9.17) is 10.5 Å². The van der Waals surface area contributed by atoms with Crippen LogP contribution >= 0.6 is 11.3 Å². The van der Waals surface area contributed by atoms with Gasteiger partial charge in [0.05, 0.1) is 22.9 Å². The third-order valence-corrected chi connectivity index (χ3v) is 7.81. The van der Waals surface area contributed by atoms with Crippen molar-refractivity contribution in [3.8, 4) is 5.75 Å². The Hall–Kier alpha value is -2.78. The van der Waals surface area contributed by atoms with Gasteiger partial charge in [0.2, 0.25) is 0 Å². The fraction of sp³-hybridized carbons (Fsp3) is 0.435. The van der Waals surface area contributed by atoms with Crippen molar-refractivity contribution in [2.45, 2.75) is 38.3 Å². The molecule has 0 saturated carbocycles. The van der Waals surface area contributed by atoms with Crippen LogP contribution in [-0.4, -0.2) is 47.5 Å². The molecule has 4 aliphatic rings. The molecule has 2 aromatic heterocycles. The zero-order valence-electron chi connectivity index (χ0n) is 17.7. The second-order valence-corrected chi connectivity index (χ2v) is 10.1. The van der Waals surface area contributed by atoms with Crippen molar-refractivity contribution in [3.05, 3.63) is 40.3 Å². The number of ketones is 1. The third kappa shape index (κ3) is 3.31. The second kappa shape index (κ2) is 7.38. The number of nitrogen functional groups attached to an aromatic ring is 1. The number of thiophene rings is 1. The van der Waals surface area contributed by atoms with Crippen LogP contribution in [0.3, 0.4) is 0 Å². The summed E-state index contributed by atoms with van der Waals surface area (Å²) in [4.78, 5) is 25.1. The number of hydrogen-bond acceptors (Lipinski definition) is 8. The van der Waals surface area contributed by atoms with Crippen molar-refractivity contribution in [2.24, 2.45) is 5.92 Å². The van der Waals surface area contributed by atoms with Gasteiger partial charge in [-0.25, -0.2) is 14.4 Å². The molecule has 3 saturated heterocycles. The van der Waals surface area contributed by atoms with Gasteiger partial charge in [-0.05, 0) is 25.8 Å². The number of nitrogens with zero attached hydrogens (tertiary/aromatic N) is 3. The van der Waals surface area contributed by atoms with Crippen molar-refractivity contribution in [3.63, 3.8) is 0 Å². The number of piperidine rings is 1. The van der Waals surface area contributed by atoms with Crippen LogP contribution in [0.2, 0.25) is 0 Å². The molecule has 0 radical (unpaired) electrons. The molecular formula is C23H24FN5O2S. The molecule has 6 heterocycles. The standard InChI is InChI=1S/C23H24FN5O2S/c1-11-7-26-21-20(25)22(32-23(21)27-11)18(30)3-12-2-16-17(24)5-15(6-19(16)31-10-12)29-8-13-4-14(9-29)28-13/h5-7,12-14,28H,2-4,8-10,25H2,1H3/t12-,13?,14?/m0/s1. The number of anilines is 2. The number of carbonyl (C=O) groups is 1. The number of benzene rings is 1. The molecule has 9 heteroatoms. The topological polar surface area (TPSA) is 93.4 Å². The first kappa shape index (κ1) is 19.9. The number of carbonyl (C=O) groups excluding carboxylic acids is 1. The molecule has 166 valence electrons. The molecule has 3 aromatic rings. The number of piperazine rings is 1. The second-order valence-electron chi connectivity index (χ2n) is 9.12. The van der Waals surface area contributed by atoms with E-state index < -0.39 is 0 Å². The molecule has 3 fully saturated rings. The maximum atomic E-state index is 15.0. The van der Waals surface area contributed by atoms with E-state index in [1.807, 2.05) is 13.0 Å². The van der Waals surface area contributed by atoms with Gasteiger partial charge in [0.1, 0.15) is 21.9 Å². The van der Waals surface area contributed by atoms with Gasteiger partial charge in [-0.3, -0.25) is 4.79 Å². The molecular weight excluding hydrogens is 429 g/mol. The van der Waals surface area contributed by atoms with Crippen molar-refractivity contribution in [1.29, 1.82) is 0 Å². The predicted octanol–water partition coefficient (Wildman–Crippen LogP) is 3.10. The van der Waals surface area contributed by atoms with E-state index in [-0.39, 0.29) is 23.9 Å². The Bertz CT molecular complexity index is 1230. The quantitative estimate of drug-likeness (QED) is 0.587. The van der Waals surface area contributed by atoms with Gasteiger partial charge in [0, 0.05) is 61.0 Å². The molecule has 32 heavy (non-hydrogen) atoms. The van der Waals surface area contributed by atoms with Crippen LogP contribution in [0.5, 0.6) is 5.75 Å². The number of nitrogens with one attached hydrogen (secondary N) is 1. The highest BCUT2D eigenvalue weighted by Crippen LogP contribution is 2.38. The summed E-state index contributed by atoms with van der Waals surface area (Å²) in [6.07, 6.45) is 3.57. The molecule has 7 nitrogen and oxygen atoms in total. The molecule has 0 spiro atoms. The molecule has 0 amide bonds. The van der Waals surface area contributed by atoms with E-state index in [0.717, 1.165) is 24.5 Å². The van der Waals surface area contributed by atoms with Crippen molar-refractivity contribution < 1.29 is 13.9 Å². The molecule has 3 N–H and O–H groups in total. The SMILES string of the molecule is Cc1cnc2c(N)c(C(=O)C[C@H]3COc4cc(N5CC6CC(C5)N6)cc(F)c4C3)sc2n1. The van der Waals surface area contributed by atoms with Crippen LogP contribution in [-0.2, 0) is 6.42 Å². The molecule has 3 atom stereocenters. The predicted molar refractivity (Wildman–Crippen MR) is 122 cm³/mol. The lowest BCUT2D eigenvalue weighted by Gasteiger charge is -2.49. The highest BCUT2D eigenvalue weighted by atomic mass is 32.1. The Kier molecular flexibility index (Phi) is 4.58. The van der Waals surface area contributed by atoms with Crippen LogP contribution in [0.4, 0.5) is 15.8 Å². The van der Waals surface area contributed by atoms with Crippen LogP contribution in [0, 0.1) is 18.7 Å². The maximum absolute atomic E-state index is 15.0. The lowest BCUT2D eigenvalue weighted by Crippen LogP contribution is -2.67. The van der Waals surface area contributed by atoms with Gasteiger partial charge < -0.3 is 20.7 Å². The molecule has 7 rings (SSSR count). The Labute approximate surface area is 188 Å². The fourth-order valence-electron chi connectivity index (χ4n) is 5.05.